The van der Waals surface area contributed by atoms with Crippen LogP contribution in [0, 0.1) is 0 Å². The van der Waals surface area contributed by atoms with Gasteiger partial charge in [-0.15, -0.1) is 0 Å². The van der Waals surface area contributed by atoms with Crippen molar-refractivity contribution in [1.29, 1.82) is 0 Å². The lowest BCUT2D eigenvalue weighted by Gasteiger charge is -2.10. The molecule has 82 valence electrons. The van der Waals surface area contributed by atoms with E-state index in [-0.39, 0.29) is 5.97 Å². The molecule has 1 aromatic carbocycles. The molecule has 1 aromatic rings. The van der Waals surface area contributed by atoms with Crippen LogP contribution in [0.5, 0.6) is 0 Å². The lowest BCUT2D eigenvalue weighted by atomic mass is 10.1. The average molecular weight is 312 g/mol. The molecule has 0 aliphatic heterocycles. The number of esters is 1. The van der Waals surface area contributed by atoms with Crippen molar-refractivity contribution in [1.82, 2.24) is 0 Å². The van der Waals surface area contributed by atoms with Gasteiger partial charge < -0.3 is 4.74 Å². The summed E-state index contributed by atoms with van der Waals surface area (Å²) in [6.07, 6.45) is 0.408. The van der Waals surface area contributed by atoms with Crippen LogP contribution in [0.15, 0.2) is 18.2 Å². The van der Waals surface area contributed by atoms with Crippen molar-refractivity contribution in [3.63, 3.8) is 0 Å². The lowest BCUT2D eigenvalue weighted by molar-refractivity contribution is -0.139. The molecule has 0 fully saturated rings. The van der Waals surface area contributed by atoms with E-state index in [1.165, 1.54) is 7.11 Å². The highest BCUT2D eigenvalue weighted by atomic mass is 79.9. The Kier molecular flexibility index (Phi) is 4.90. The maximum atomic E-state index is 11.2. The summed E-state index contributed by atoms with van der Waals surface area (Å²) >= 11 is 15.1. The molecule has 1 unspecified atom stereocenters. The van der Waals surface area contributed by atoms with Crippen molar-refractivity contribution < 1.29 is 9.53 Å². The highest BCUT2D eigenvalue weighted by molar-refractivity contribution is 9.10. The van der Waals surface area contributed by atoms with Crippen LogP contribution in [0.3, 0.4) is 0 Å². The van der Waals surface area contributed by atoms with E-state index in [4.69, 9.17) is 23.2 Å². The number of hydrogen-bond donors (Lipinski definition) is 0. The van der Waals surface area contributed by atoms with Gasteiger partial charge in [0.05, 0.1) is 7.11 Å². The summed E-state index contributed by atoms with van der Waals surface area (Å²) in [5.41, 5.74) is 0.744. The van der Waals surface area contributed by atoms with E-state index in [1.54, 1.807) is 18.2 Å². The number of ether oxygens (including phenoxy) is 1. The highest BCUT2D eigenvalue weighted by Gasteiger charge is 2.18. The van der Waals surface area contributed by atoms with Gasteiger partial charge in [-0.25, -0.2) is 0 Å². The Bertz CT molecular complexity index is 348. The zero-order valence-electron chi connectivity index (χ0n) is 7.97. The fourth-order valence-corrected chi connectivity index (χ4v) is 2.18. The number of methoxy groups -OCH3 is 1. The summed E-state index contributed by atoms with van der Waals surface area (Å²) in [5.74, 6) is -0.342. The third kappa shape index (κ3) is 3.37. The Labute approximate surface area is 107 Å². The van der Waals surface area contributed by atoms with E-state index in [9.17, 15) is 4.79 Å². The first kappa shape index (κ1) is 12.8. The van der Waals surface area contributed by atoms with E-state index < -0.39 is 4.83 Å². The average Bonchev–Trinajstić information content (AvgIpc) is 2.22. The number of benzene rings is 1. The van der Waals surface area contributed by atoms with Crippen LogP contribution in [0.1, 0.15) is 5.56 Å². The molecular formula is C10H9BrCl2O2. The minimum Gasteiger partial charge on any atom is -0.468 e. The smallest absolute Gasteiger partial charge is 0.319 e. The van der Waals surface area contributed by atoms with Crippen molar-refractivity contribution in [3.8, 4) is 0 Å². The number of halogens is 3. The Balaban J connectivity index is 2.85. The minimum absolute atomic E-state index is 0.342. The molecule has 0 amide bonds. The zero-order chi connectivity index (χ0) is 11.4. The quantitative estimate of drug-likeness (QED) is 0.631. The number of hydrogen-bond acceptors (Lipinski definition) is 2. The van der Waals surface area contributed by atoms with E-state index in [2.05, 4.69) is 20.7 Å². The van der Waals surface area contributed by atoms with Crippen molar-refractivity contribution in [2.45, 2.75) is 11.2 Å². The summed E-state index contributed by atoms with van der Waals surface area (Å²) in [4.78, 5) is 10.8. The van der Waals surface area contributed by atoms with Gasteiger partial charge in [-0.1, -0.05) is 45.2 Å². The molecule has 0 heterocycles. The second-order valence-corrected chi connectivity index (χ2v) is 4.81. The van der Waals surface area contributed by atoms with Crippen LogP contribution < -0.4 is 0 Å². The predicted molar refractivity (Wildman–Crippen MR) is 64.9 cm³/mol. The summed E-state index contributed by atoms with van der Waals surface area (Å²) in [6.45, 7) is 0. The summed E-state index contributed by atoms with van der Waals surface area (Å²) < 4.78 is 4.59. The molecule has 0 bridgehead atoms. The molecule has 0 aromatic heterocycles. The molecule has 0 N–H and O–H groups in total. The fourth-order valence-electron chi connectivity index (χ4n) is 1.12. The molecule has 15 heavy (non-hydrogen) atoms. The van der Waals surface area contributed by atoms with Crippen molar-refractivity contribution in [2.75, 3.05) is 7.11 Å². The second kappa shape index (κ2) is 5.73. The second-order valence-electron chi connectivity index (χ2n) is 2.90. The van der Waals surface area contributed by atoms with Gasteiger partial charge in [-0.05, 0) is 24.1 Å². The largest absolute Gasteiger partial charge is 0.468 e. The van der Waals surface area contributed by atoms with Crippen LogP contribution in [0.4, 0.5) is 0 Å². The van der Waals surface area contributed by atoms with Crippen LogP contribution in [-0.4, -0.2) is 17.9 Å². The number of alkyl halides is 1. The van der Waals surface area contributed by atoms with Crippen LogP contribution in [0.25, 0.3) is 0 Å². The van der Waals surface area contributed by atoms with E-state index in [0.717, 1.165) is 5.56 Å². The molecule has 0 saturated heterocycles. The molecule has 1 rings (SSSR count). The molecular weight excluding hydrogens is 303 g/mol. The molecule has 0 aliphatic rings. The topological polar surface area (TPSA) is 26.3 Å². The fraction of sp³-hybridized carbons (Fsp3) is 0.300. The minimum atomic E-state index is -0.431. The normalized spacial score (nSPS) is 12.3. The van der Waals surface area contributed by atoms with E-state index >= 15 is 0 Å². The molecule has 5 heteroatoms. The first-order valence-corrected chi connectivity index (χ1v) is 5.88. The van der Waals surface area contributed by atoms with Crippen LogP contribution in [0.2, 0.25) is 10.0 Å². The standard InChI is InChI=1S/C10H9BrCl2O2/c1-15-10(14)7(11)5-6-8(12)3-2-4-9(6)13/h2-4,7H,5H2,1H3. The van der Waals surface area contributed by atoms with Crippen LogP contribution >= 0.6 is 39.1 Å². The van der Waals surface area contributed by atoms with Gasteiger partial charge in [-0.3, -0.25) is 4.79 Å². The summed E-state index contributed by atoms with van der Waals surface area (Å²) in [7, 11) is 1.34. The number of carbonyl (C=O) groups excluding carboxylic acids is 1. The van der Waals surface area contributed by atoms with Gasteiger partial charge in [0, 0.05) is 10.0 Å². The molecule has 2 nitrogen and oxygen atoms in total. The van der Waals surface area contributed by atoms with Gasteiger partial charge in [0.25, 0.3) is 0 Å². The van der Waals surface area contributed by atoms with Crippen LogP contribution in [-0.2, 0) is 16.0 Å². The first-order chi connectivity index (χ1) is 7.06. The van der Waals surface area contributed by atoms with Crippen molar-refractivity contribution >= 4 is 45.1 Å². The van der Waals surface area contributed by atoms with Gasteiger partial charge >= 0.3 is 5.97 Å². The molecule has 0 radical (unpaired) electrons. The predicted octanol–water partition coefficient (Wildman–Crippen LogP) is 3.47. The first-order valence-electron chi connectivity index (χ1n) is 4.21. The summed E-state index contributed by atoms with van der Waals surface area (Å²) in [6, 6.07) is 5.23. The molecule has 1 atom stereocenters. The van der Waals surface area contributed by atoms with Gasteiger partial charge in [0.15, 0.2) is 0 Å². The third-order valence-electron chi connectivity index (χ3n) is 1.90. The lowest BCUT2D eigenvalue weighted by Crippen LogP contribution is -2.18. The Hall–Kier alpha value is -0.250. The molecule has 0 aliphatic carbocycles. The Morgan fingerprint density at radius 3 is 2.47 bits per heavy atom. The SMILES string of the molecule is COC(=O)C(Br)Cc1c(Cl)cccc1Cl. The number of carbonyl (C=O) groups is 1. The van der Waals surface area contributed by atoms with Gasteiger partial charge in [-0.2, -0.15) is 0 Å². The molecule has 0 spiro atoms. The Morgan fingerprint density at radius 1 is 1.47 bits per heavy atom. The highest BCUT2D eigenvalue weighted by Crippen LogP contribution is 2.27. The van der Waals surface area contributed by atoms with E-state index in [1.807, 2.05) is 0 Å². The maximum absolute atomic E-state index is 11.2. The summed E-state index contributed by atoms with van der Waals surface area (Å²) in [5, 5.41) is 1.10. The van der Waals surface area contributed by atoms with Gasteiger partial charge in [0.2, 0.25) is 0 Å². The molecule has 0 saturated carbocycles. The number of rotatable bonds is 3. The van der Waals surface area contributed by atoms with Crippen molar-refractivity contribution in [3.05, 3.63) is 33.8 Å². The van der Waals surface area contributed by atoms with E-state index in [0.29, 0.717) is 16.5 Å². The zero-order valence-corrected chi connectivity index (χ0v) is 11.1. The van der Waals surface area contributed by atoms with Crippen molar-refractivity contribution in [2.24, 2.45) is 0 Å². The monoisotopic (exact) mass is 310 g/mol. The van der Waals surface area contributed by atoms with Gasteiger partial charge in [0.1, 0.15) is 4.83 Å². The third-order valence-corrected chi connectivity index (χ3v) is 3.31. The maximum Gasteiger partial charge on any atom is 0.319 e. The Morgan fingerprint density at radius 2 is 2.00 bits per heavy atom.